The SMILES string of the molecule is CCOC(=O)C(C)NP(=O)(CSCC)OCC1CC(C)C(n2cnc3c(=O)[nH]c(N)nc32)O1. The van der Waals surface area contributed by atoms with E-state index < -0.39 is 31.3 Å². The van der Waals surface area contributed by atoms with Gasteiger partial charge in [-0.05, 0) is 26.0 Å². The number of aromatic nitrogens is 4. The molecule has 184 valence electrons. The Labute approximate surface area is 195 Å². The number of nitrogen functional groups attached to an aromatic ring is 1. The number of carbonyl (C=O) groups excluding carboxylic acids is 1. The number of hydrogen-bond donors (Lipinski definition) is 3. The summed E-state index contributed by atoms with van der Waals surface area (Å²) >= 11 is 1.46. The molecule has 2 aromatic rings. The highest BCUT2D eigenvalue weighted by molar-refractivity contribution is 8.04. The summed E-state index contributed by atoms with van der Waals surface area (Å²) in [6.07, 6.45) is 1.36. The number of nitrogens with zero attached hydrogens (tertiary/aromatic N) is 3. The van der Waals surface area contributed by atoms with Gasteiger partial charge in [-0.1, -0.05) is 13.8 Å². The summed E-state index contributed by atoms with van der Waals surface area (Å²) in [5, 5.41) is 2.83. The quantitative estimate of drug-likeness (QED) is 0.304. The molecule has 0 saturated carbocycles. The lowest BCUT2D eigenvalue weighted by Gasteiger charge is -2.24. The Morgan fingerprint density at radius 2 is 2.27 bits per heavy atom. The van der Waals surface area contributed by atoms with Crippen LogP contribution in [-0.4, -0.2) is 62.1 Å². The third-order valence-corrected chi connectivity index (χ3v) is 8.99. The van der Waals surface area contributed by atoms with Crippen LogP contribution < -0.4 is 16.4 Å². The van der Waals surface area contributed by atoms with E-state index in [1.54, 1.807) is 18.4 Å². The van der Waals surface area contributed by atoms with Crippen molar-refractivity contribution in [3.05, 3.63) is 16.7 Å². The van der Waals surface area contributed by atoms with Crippen LogP contribution in [0.25, 0.3) is 11.2 Å². The first-order valence-electron chi connectivity index (χ1n) is 10.8. The summed E-state index contributed by atoms with van der Waals surface area (Å²) in [7, 11) is -3.34. The molecule has 2 aromatic heterocycles. The number of imidazole rings is 1. The van der Waals surface area contributed by atoms with Crippen molar-refractivity contribution in [3.8, 4) is 0 Å². The zero-order chi connectivity index (χ0) is 24.2. The molecule has 3 rings (SSSR count). The summed E-state index contributed by atoms with van der Waals surface area (Å²) in [6, 6.07) is -0.767. The Morgan fingerprint density at radius 1 is 1.52 bits per heavy atom. The molecule has 4 N–H and O–H groups in total. The fourth-order valence-corrected chi connectivity index (χ4v) is 7.10. The predicted molar refractivity (Wildman–Crippen MR) is 126 cm³/mol. The van der Waals surface area contributed by atoms with Crippen molar-refractivity contribution in [2.75, 3.05) is 30.2 Å². The molecule has 0 spiro atoms. The highest BCUT2D eigenvalue weighted by Gasteiger charge is 2.37. The zero-order valence-corrected chi connectivity index (χ0v) is 20.9. The largest absolute Gasteiger partial charge is 0.465 e. The number of rotatable bonds is 11. The van der Waals surface area contributed by atoms with E-state index in [0.29, 0.717) is 12.1 Å². The lowest BCUT2D eigenvalue weighted by atomic mass is 10.1. The maximum atomic E-state index is 13.4. The summed E-state index contributed by atoms with van der Waals surface area (Å²) < 4.78 is 32.1. The Bertz CT molecular complexity index is 1080. The molecular formula is C19H31N6O6PS. The van der Waals surface area contributed by atoms with Gasteiger partial charge in [-0.3, -0.25) is 23.7 Å². The van der Waals surface area contributed by atoms with E-state index in [2.05, 4.69) is 20.0 Å². The Kier molecular flexibility index (Phi) is 8.57. The van der Waals surface area contributed by atoms with Gasteiger partial charge in [0.05, 0.1) is 31.1 Å². The summed E-state index contributed by atoms with van der Waals surface area (Å²) in [4.78, 5) is 34.8. The third kappa shape index (κ3) is 6.15. The molecule has 0 bridgehead atoms. The highest BCUT2D eigenvalue weighted by atomic mass is 32.2. The number of nitrogens with two attached hydrogens (primary N) is 1. The van der Waals surface area contributed by atoms with Crippen molar-refractivity contribution in [1.29, 1.82) is 0 Å². The molecule has 33 heavy (non-hydrogen) atoms. The van der Waals surface area contributed by atoms with Crippen molar-refractivity contribution in [3.63, 3.8) is 0 Å². The minimum absolute atomic E-state index is 0.00376. The van der Waals surface area contributed by atoms with Gasteiger partial charge in [-0.15, -0.1) is 0 Å². The van der Waals surface area contributed by atoms with Gasteiger partial charge in [0, 0.05) is 5.92 Å². The van der Waals surface area contributed by atoms with Crippen LogP contribution >= 0.6 is 19.3 Å². The molecule has 0 amide bonds. The number of fused-ring (bicyclic) bond motifs is 1. The van der Waals surface area contributed by atoms with Crippen LogP contribution in [0.5, 0.6) is 0 Å². The van der Waals surface area contributed by atoms with Crippen LogP contribution in [0.2, 0.25) is 0 Å². The molecule has 1 aliphatic rings. The molecule has 1 saturated heterocycles. The van der Waals surface area contributed by atoms with Crippen LogP contribution in [0.3, 0.4) is 0 Å². The number of thioether (sulfide) groups is 1. The Hall–Kier alpha value is -1.92. The summed E-state index contributed by atoms with van der Waals surface area (Å²) in [5.41, 5.74) is 6.00. The molecule has 12 nitrogen and oxygen atoms in total. The number of nitrogens with one attached hydrogen (secondary N) is 2. The van der Waals surface area contributed by atoms with E-state index >= 15 is 0 Å². The van der Waals surface area contributed by atoms with E-state index in [4.69, 9.17) is 19.7 Å². The van der Waals surface area contributed by atoms with Crippen LogP contribution in [0.4, 0.5) is 5.95 Å². The van der Waals surface area contributed by atoms with E-state index in [1.165, 1.54) is 18.1 Å². The predicted octanol–water partition coefficient (Wildman–Crippen LogP) is 2.09. The number of hydrogen-bond acceptors (Lipinski definition) is 10. The van der Waals surface area contributed by atoms with Crippen LogP contribution in [-0.2, 0) is 23.4 Å². The van der Waals surface area contributed by atoms with Crippen LogP contribution in [0.1, 0.15) is 40.3 Å². The second kappa shape index (κ2) is 11.0. The standard InChI is InChI=1S/C19H31N6O6PS/c1-5-29-18(27)12(4)24-32(28,10-33-6-2)30-8-13-7-11(3)17(31-13)25-9-21-14-15(25)22-19(20)23-16(14)26/h9,11-13,17H,5-8,10H2,1-4H3,(H,24,28)(H3,20,22,23,26). The molecule has 0 aliphatic carbocycles. The number of carbonyl (C=O) groups is 1. The van der Waals surface area contributed by atoms with Crippen molar-refractivity contribution < 1.29 is 23.4 Å². The first-order chi connectivity index (χ1) is 15.7. The lowest BCUT2D eigenvalue weighted by molar-refractivity contribution is -0.144. The monoisotopic (exact) mass is 502 g/mol. The van der Waals surface area contributed by atoms with Crippen LogP contribution in [0.15, 0.2) is 11.1 Å². The van der Waals surface area contributed by atoms with E-state index in [0.717, 1.165) is 5.75 Å². The van der Waals surface area contributed by atoms with Gasteiger partial charge in [0.2, 0.25) is 5.95 Å². The number of aromatic amines is 1. The average Bonchev–Trinajstić information content (AvgIpc) is 3.34. The third-order valence-electron chi connectivity index (χ3n) is 5.14. The average molecular weight is 503 g/mol. The van der Waals surface area contributed by atoms with Gasteiger partial charge in [0.15, 0.2) is 11.2 Å². The summed E-state index contributed by atoms with van der Waals surface area (Å²) in [5.74, 6) is 0.317. The van der Waals surface area contributed by atoms with Crippen molar-refractivity contribution in [2.45, 2.75) is 52.5 Å². The van der Waals surface area contributed by atoms with Crippen LogP contribution in [0, 0.1) is 5.92 Å². The number of H-pyrrole nitrogens is 1. The maximum absolute atomic E-state index is 13.4. The Morgan fingerprint density at radius 3 is 2.97 bits per heavy atom. The normalized spacial score (nSPS) is 23.5. The topological polar surface area (TPSA) is 163 Å². The van der Waals surface area contributed by atoms with Gasteiger partial charge in [-0.25, -0.2) is 10.1 Å². The molecule has 0 aromatic carbocycles. The highest BCUT2D eigenvalue weighted by Crippen LogP contribution is 2.47. The zero-order valence-electron chi connectivity index (χ0n) is 19.1. The fourth-order valence-electron chi connectivity index (χ4n) is 3.64. The molecule has 5 unspecified atom stereocenters. The second-order valence-electron chi connectivity index (χ2n) is 7.83. The molecule has 1 fully saturated rings. The van der Waals surface area contributed by atoms with E-state index in [-0.39, 0.29) is 42.2 Å². The number of anilines is 1. The fraction of sp³-hybridized carbons (Fsp3) is 0.684. The first kappa shape index (κ1) is 25.7. The van der Waals surface area contributed by atoms with Crippen molar-refractivity contribution in [1.82, 2.24) is 24.6 Å². The second-order valence-corrected chi connectivity index (χ2v) is 11.7. The Balaban J connectivity index is 1.69. The van der Waals surface area contributed by atoms with Gasteiger partial charge in [0.1, 0.15) is 12.3 Å². The molecular weight excluding hydrogens is 471 g/mol. The molecule has 3 heterocycles. The molecule has 5 atom stereocenters. The number of ether oxygens (including phenoxy) is 2. The van der Waals surface area contributed by atoms with Gasteiger partial charge in [-0.2, -0.15) is 16.7 Å². The summed E-state index contributed by atoms with van der Waals surface area (Å²) in [6.45, 7) is 7.58. The minimum atomic E-state index is -3.34. The number of esters is 1. The van der Waals surface area contributed by atoms with Gasteiger partial charge in [0.25, 0.3) is 13.1 Å². The van der Waals surface area contributed by atoms with Crippen molar-refractivity contribution >= 4 is 42.4 Å². The first-order valence-corrected chi connectivity index (χ1v) is 13.8. The van der Waals surface area contributed by atoms with Crippen molar-refractivity contribution in [2.24, 2.45) is 5.92 Å². The van der Waals surface area contributed by atoms with E-state index in [9.17, 15) is 14.2 Å². The molecule has 1 aliphatic heterocycles. The lowest BCUT2D eigenvalue weighted by Crippen LogP contribution is -2.35. The molecule has 0 radical (unpaired) electrons. The van der Waals surface area contributed by atoms with Gasteiger partial charge < -0.3 is 19.7 Å². The smallest absolute Gasteiger partial charge is 0.323 e. The maximum Gasteiger partial charge on any atom is 0.323 e. The molecule has 14 heteroatoms. The van der Waals surface area contributed by atoms with E-state index in [1.807, 2.05) is 13.8 Å². The van der Waals surface area contributed by atoms with Gasteiger partial charge >= 0.3 is 5.97 Å². The minimum Gasteiger partial charge on any atom is -0.465 e.